The van der Waals surface area contributed by atoms with Crippen molar-refractivity contribution in [3.8, 4) is 11.5 Å². The molecule has 2 aromatic rings. The van der Waals surface area contributed by atoms with Gasteiger partial charge in [-0.2, -0.15) is 0 Å². The summed E-state index contributed by atoms with van der Waals surface area (Å²) in [6.45, 7) is 6.67. The number of anilines is 1. The molecule has 0 saturated carbocycles. The molecule has 21 heavy (non-hydrogen) atoms. The summed E-state index contributed by atoms with van der Waals surface area (Å²) in [4.78, 5) is 12.2. The third-order valence-corrected chi connectivity index (χ3v) is 2.88. The molecule has 0 bridgehead atoms. The Labute approximate surface area is 123 Å². The van der Waals surface area contributed by atoms with E-state index in [1.165, 1.54) is 6.26 Å². The van der Waals surface area contributed by atoms with E-state index in [0.717, 1.165) is 5.56 Å². The fraction of sp³-hybridized carbons (Fsp3) is 0.312. The van der Waals surface area contributed by atoms with E-state index in [9.17, 15) is 4.79 Å². The quantitative estimate of drug-likeness (QED) is 0.882. The number of aryl methyl sites for hydroxylation is 1. The summed E-state index contributed by atoms with van der Waals surface area (Å²) in [6, 6.07) is 7.07. The van der Waals surface area contributed by atoms with Gasteiger partial charge >= 0.3 is 0 Å². The van der Waals surface area contributed by atoms with Crippen molar-refractivity contribution >= 4 is 11.6 Å². The van der Waals surface area contributed by atoms with Crippen molar-refractivity contribution in [2.75, 3.05) is 18.5 Å². The van der Waals surface area contributed by atoms with Crippen molar-refractivity contribution in [2.45, 2.75) is 20.8 Å². The van der Waals surface area contributed by atoms with Gasteiger partial charge in [-0.1, -0.05) is 0 Å². The van der Waals surface area contributed by atoms with E-state index in [1.807, 2.05) is 26.8 Å². The standard InChI is InChI=1S/C16H19NO4/c1-4-19-12-6-7-14(20-5-2)13(10-12)17-16(18)15-11(3)8-9-21-15/h6-10H,4-5H2,1-3H3,(H,17,18). The van der Waals surface area contributed by atoms with Gasteiger partial charge in [0.05, 0.1) is 25.2 Å². The number of hydrogen-bond acceptors (Lipinski definition) is 4. The zero-order valence-corrected chi connectivity index (χ0v) is 12.4. The molecule has 0 atom stereocenters. The van der Waals surface area contributed by atoms with Gasteiger partial charge in [0.2, 0.25) is 0 Å². The Morgan fingerprint density at radius 2 is 1.95 bits per heavy atom. The molecule has 112 valence electrons. The molecule has 1 N–H and O–H groups in total. The molecule has 0 saturated heterocycles. The van der Waals surface area contributed by atoms with Crippen LogP contribution in [0.3, 0.4) is 0 Å². The number of furan rings is 1. The molecule has 0 aliphatic carbocycles. The number of carbonyl (C=O) groups excluding carboxylic acids is 1. The molecular weight excluding hydrogens is 270 g/mol. The minimum atomic E-state index is -0.313. The lowest BCUT2D eigenvalue weighted by molar-refractivity contribution is 0.0995. The van der Waals surface area contributed by atoms with Gasteiger partial charge in [-0.15, -0.1) is 0 Å². The van der Waals surface area contributed by atoms with Crippen molar-refractivity contribution in [3.05, 3.63) is 41.9 Å². The summed E-state index contributed by atoms with van der Waals surface area (Å²) < 4.78 is 16.2. The molecule has 1 aromatic carbocycles. The van der Waals surface area contributed by atoms with Crippen LogP contribution in [0.25, 0.3) is 0 Å². The Kier molecular flexibility index (Phi) is 4.87. The summed E-state index contributed by atoms with van der Waals surface area (Å²) in [5, 5.41) is 2.80. The summed E-state index contributed by atoms with van der Waals surface area (Å²) in [6.07, 6.45) is 1.49. The molecule has 0 spiro atoms. The average molecular weight is 289 g/mol. The molecule has 1 heterocycles. The molecular formula is C16H19NO4. The van der Waals surface area contributed by atoms with Crippen LogP contribution in [0.2, 0.25) is 0 Å². The molecule has 5 heteroatoms. The second-order valence-electron chi connectivity index (χ2n) is 4.41. The first-order valence-corrected chi connectivity index (χ1v) is 6.90. The van der Waals surface area contributed by atoms with E-state index >= 15 is 0 Å². The molecule has 1 amide bonds. The van der Waals surface area contributed by atoms with Crippen LogP contribution >= 0.6 is 0 Å². The Hall–Kier alpha value is -2.43. The van der Waals surface area contributed by atoms with Gasteiger partial charge in [-0.3, -0.25) is 4.79 Å². The number of benzene rings is 1. The minimum Gasteiger partial charge on any atom is -0.494 e. The first kappa shape index (κ1) is 15.0. The summed E-state index contributed by atoms with van der Waals surface area (Å²) in [7, 11) is 0. The van der Waals surface area contributed by atoms with Gasteiger partial charge in [0.1, 0.15) is 11.5 Å². The number of carbonyl (C=O) groups is 1. The highest BCUT2D eigenvalue weighted by Crippen LogP contribution is 2.30. The zero-order chi connectivity index (χ0) is 15.2. The molecule has 0 unspecified atom stereocenters. The van der Waals surface area contributed by atoms with Crippen LogP contribution in [0.15, 0.2) is 34.9 Å². The highest BCUT2D eigenvalue weighted by atomic mass is 16.5. The lowest BCUT2D eigenvalue weighted by Gasteiger charge is -2.13. The van der Waals surface area contributed by atoms with E-state index in [4.69, 9.17) is 13.9 Å². The van der Waals surface area contributed by atoms with Gasteiger partial charge in [0.15, 0.2) is 5.76 Å². The maximum Gasteiger partial charge on any atom is 0.291 e. The number of rotatable bonds is 6. The molecule has 0 fully saturated rings. The summed E-state index contributed by atoms with van der Waals surface area (Å²) in [5.41, 5.74) is 1.34. The van der Waals surface area contributed by atoms with Crippen LogP contribution in [-0.2, 0) is 0 Å². The fourth-order valence-electron chi connectivity index (χ4n) is 1.93. The first-order valence-electron chi connectivity index (χ1n) is 6.90. The third-order valence-electron chi connectivity index (χ3n) is 2.88. The average Bonchev–Trinajstić information content (AvgIpc) is 2.88. The highest BCUT2D eigenvalue weighted by Gasteiger charge is 2.15. The monoisotopic (exact) mass is 289 g/mol. The van der Waals surface area contributed by atoms with E-state index in [0.29, 0.717) is 36.2 Å². The predicted octanol–water partition coefficient (Wildman–Crippen LogP) is 3.64. The molecule has 0 radical (unpaired) electrons. The van der Waals surface area contributed by atoms with Crippen LogP contribution in [0.4, 0.5) is 5.69 Å². The Balaban J connectivity index is 2.25. The zero-order valence-electron chi connectivity index (χ0n) is 12.4. The number of hydrogen-bond donors (Lipinski definition) is 1. The largest absolute Gasteiger partial charge is 0.494 e. The SMILES string of the molecule is CCOc1ccc(OCC)c(NC(=O)c2occc2C)c1. The van der Waals surface area contributed by atoms with Crippen molar-refractivity contribution < 1.29 is 18.7 Å². The van der Waals surface area contributed by atoms with Gasteiger partial charge in [-0.25, -0.2) is 0 Å². The second-order valence-corrected chi connectivity index (χ2v) is 4.41. The lowest BCUT2D eigenvalue weighted by Crippen LogP contribution is -2.13. The predicted molar refractivity (Wildman–Crippen MR) is 80.2 cm³/mol. The highest BCUT2D eigenvalue weighted by molar-refractivity contribution is 6.04. The Morgan fingerprint density at radius 1 is 1.19 bits per heavy atom. The van der Waals surface area contributed by atoms with Gasteiger partial charge in [0.25, 0.3) is 5.91 Å². The lowest BCUT2D eigenvalue weighted by atomic mass is 10.2. The van der Waals surface area contributed by atoms with Gasteiger partial charge in [-0.05, 0) is 39.0 Å². The topological polar surface area (TPSA) is 60.7 Å². The smallest absolute Gasteiger partial charge is 0.291 e. The van der Waals surface area contributed by atoms with Crippen LogP contribution in [0.1, 0.15) is 30.0 Å². The van der Waals surface area contributed by atoms with Crippen molar-refractivity contribution in [1.29, 1.82) is 0 Å². The molecule has 0 aliphatic rings. The second kappa shape index (κ2) is 6.83. The van der Waals surface area contributed by atoms with E-state index in [2.05, 4.69) is 5.32 Å². The molecule has 1 aromatic heterocycles. The van der Waals surface area contributed by atoms with E-state index in [-0.39, 0.29) is 5.91 Å². The van der Waals surface area contributed by atoms with Crippen LogP contribution in [0.5, 0.6) is 11.5 Å². The van der Waals surface area contributed by atoms with Crippen LogP contribution < -0.4 is 14.8 Å². The van der Waals surface area contributed by atoms with Crippen molar-refractivity contribution in [1.82, 2.24) is 0 Å². The van der Waals surface area contributed by atoms with E-state index < -0.39 is 0 Å². The fourth-order valence-corrected chi connectivity index (χ4v) is 1.93. The van der Waals surface area contributed by atoms with E-state index in [1.54, 1.807) is 18.2 Å². The van der Waals surface area contributed by atoms with Gasteiger partial charge < -0.3 is 19.2 Å². The van der Waals surface area contributed by atoms with Crippen LogP contribution in [-0.4, -0.2) is 19.1 Å². The van der Waals surface area contributed by atoms with Gasteiger partial charge in [0, 0.05) is 11.6 Å². The van der Waals surface area contributed by atoms with Crippen LogP contribution in [0, 0.1) is 6.92 Å². The Bertz CT molecular complexity index is 618. The first-order chi connectivity index (χ1) is 10.2. The summed E-state index contributed by atoms with van der Waals surface area (Å²) in [5.74, 6) is 1.25. The maximum absolute atomic E-state index is 12.2. The maximum atomic E-state index is 12.2. The summed E-state index contributed by atoms with van der Waals surface area (Å²) >= 11 is 0. The minimum absolute atomic E-state index is 0.291. The number of nitrogens with one attached hydrogen (secondary N) is 1. The number of amides is 1. The van der Waals surface area contributed by atoms with Crippen molar-refractivity contribution in [3.63, 3.8) is 0 Å². The third kappa shape index (κ3) is 3.56. The molecule has 5 nitrogen and oxygen atoms in total. The Morgan fingerprint density at radius 3 is 2.57 bits per heavy atom. The van der Waals surface area contributed by atoms with Crippen molar-refractivity contribution in [2.24, 2.45) is 0 Å². The molecule has 0 aliphatic heterocycles. The normalized spacial score (nSPS) is 10.2. The molecule has 2 rings (SSSR count). The number of ether oxygens (including phenoxy) is 2.